The number of likely N-dealkylation sites (tertiary alicyclic amines) is 1. The summed E-state index contributed by atoms with van der Waals surface area (Å²) in [6.45, 7) is 7.11. The Bertz CT molecular complexity index is 500. The van der Waals surface area contributed by atoms with Crippen molar-refractivity contribution in [2.75, 3.05) is 33.3 Å². The van der Waals surface area contributed by atoms with E-state index >= 15 is 0 Å². The monoisotopic (exact) mass is 352 g/mol. The van der Waals surface area contributed by atoms with Gasteiger partial charge in [-0.05, 0) is 56.0 Å². The van der Waals surface area contributed by atoms with Gasteiger partial charge in [0, 0.05) is 29.2 Å². The Kier molecular flexibility index (Phi) is 4.57. The van der Waals surface area contributed by atoms with Crippen LogP contribution < -0.4 is 10.1 Å². The lowest BCUT2D eigenvalue weighted by Gasteiger charge is -2.33. The fraction of sp³-hybridized carbons (Fsp3) is 0.647. The van der Waals surface area contributed by atoms with Crippen molar-refractivity contribution < 1.29 is 4.74 Å². The van der Waals surface area contributed by atoms with E-state index in [2.05, 4.69) is 51.3 Å². The van der Waals surface area contributed by atoms with Gasteiger partial charge in [-0.25, -0.2) is 0 Å². The van der Waals surface area contributed by atoms with Crippen LogP contribution in [0, 0.1) is 5.41 Å². The summed E-state index contributed by atoms with van der Waals surface area (Å²) in [4.78, 5) is 2.66. The maximum Gasteiger partial charge on any atom is 0.123 e. The number of hydrogen-bond donors (Lipinski definition) is 1. The van der Waals surface area contributed by atoms with Gasteiger partial charge in [0.25, 0.3) is 0 Å². The lowest BCUT2D eigenvalue weighted by Crippen LogP contribution is -2.37. The van der Waals surface area contributed by atoms with Crippen molar-refractivity contribution >= 4 is 15.9 Å². The Labute approximate surface area is 136 Å². The fourth-order valence-corrected chi connectivity index (χ4v) is 4.21. The van der Waals surface area contributed by atoms with Crippen molar-refractivity contribution in [1.82, 2.24) is 10.2 Å². The minimum atomic E-state index is 0.418. The van der Waals surface area contributed by atoms with Gasteiger partial charge in [-0.3, -0.25) is 4.90 Å². The van der Waals surface area contributed by atoms with Crippen LogP contribution in [0.1, 0.15) is 37.8 Å². The predicted octanol–water partition coefficient (Wildman–Crippen LogP) is 3.59. The molecule has 2 unspecified atom stereocenters. The highest BCUT2D eigenvalue weighted by Gasteiger charge is 2.36. The van der Waals surface area contributed by atoms with E-state index in [1.165, 1.54) is 37.9 Å². The average molecular weight is 353 g/mol. The maximum absolute atomic E-state index is 5.60. The Hall–Kier alpha value is -0.580. The molecule has 4 heteroatoms. The Morgan fingerprint density at radius 3 is 3.05 bits per heavy atom. The van der Waals surface area contributed by atoms with E-state index in [9.17, 15) is 0 Å². The summed E-state index contributed by atoms with van der Waals surface area (Å²) in [7, 11) is 1.77. The van der Waals surface area contributed by atoms with Gasteiger partial charge < -0.3 is 10.1 Å². The summed E-state index contributed by atoms with van der Waals surface area (Å²) in [6, 6.07) is 6.87. The van der Waals surface area contributed by atoms with Gasteiger partial charge in [0.15, 0.2) is 0 Å². The number of halogens is 1. The second kappa shape index (κ2) is 6.27. The van der Waals surface area contributed by atoms with Gasteiger partial charge in [-0.15, -0.1) is 0 Å². The quantitative estimate of drug-likeness (QED) is 0.895. The molecule has 0 amide bonds. The van der Waals surface area contributed by atoms with Crippen LogP contribution in [0.15, 0.2) is 22.7 Å². The van der Waals surface area contributed by atoms with Crippen molar-refractivity contribution in [3.8, 4) is 5.75 Å². The molecule has 0 saturated carbocycles. The van der Waals surface area contributed by atoms with Crippen LogP contribution in [0.25, 0.3) is 0 Å². The third-order valence-corrected chi connectivity index (χ3v) is 5.45. The second-order valence-electron chi connectivity index (χ2n) is 6.75. The number of nitrogens with zero attached hydrogens (tertiary/aromatic N) is 1. The van der Waals surface area contributed by atoms with Crippen molar-refractivity contribution in [2.24, 2.45) is 5.41 Å². The first-order valence-corrected chi connectivity index (χ1v) is 8.69. The lowest BCUT2D eigenvalue weighted by molar-refractivity contribution is 0.163. The van der Waals surface area contributed by atoms with Crippen molar-refractivity contribution in [3.05, 3.63) is 28.2 Å². The van der Waals surface area contributed by atoms with E-state index in [-0.39, 0.29) is 0 Å². The molecule has 0 aliphatic carbocycles. The molecule has 1 N–H and O–H groups in total. The molecular formula is C17H25BrN2O. The number of hydrogen-bond acceptors (Lipinski definition) is 3. The van der Waals surface area contributed by atoms with E-state index in [0.29, 0.717) is 11.5 Å². The molecule has 1 aromatic carbocycles. The van der Waals surface area contributed by atoms with Gasteiger partial charge in [-0.2, -0.15) is 0 Å². The maximum atomic E-state index is 5.60. The molecule has 0 aromatic heterocycles. The van der Waals surface area contributed by atoms with Crippen molar-refractivity contribution in [3.63, 3.8) is 0 Å². The van der Waals surface area contributed by atoms with Gasteiger partial charge >= 0.3 is 0 Å². The molecule has 2 aliphatic heterocycles. The third-order valence-electron chi connectivity index (χ3n) is 4.96. The SMILES string of the molecule is COc1ccc(Br)cc1C1CCCN1CC1(C)CCNC1. The van der Waals surface area contributed by atoms with Crippen LogP contribution in [-0.2, 0) is 0 Å². The number of benzene rings is 1. The van der Waals surface area contributed by atoms with Crippen molar-refractivity contribution in [1.29, 1.82) is 0 Å². The zero-order valence-electron chi connectivity index (χ0n) is 13.0. The highest BCUT2D eigenvalue weighted by molar-refractivity contribution is 9.10. The van der Waals surface area contributed by atoms with Crippen LogP contribution in [0.3, 0.4) is 0 Å². The van der Waals surface area contributed by atoms with Gasteiger partial charge in [-0.1, -0.05) is 22.9 Å². The molecule has 2 aliphatic rings. The fourth-order valence-electron chi connectivity index (χ4n) is 3.83. The highest BCUT2D eigenvalue weighted by atomic mass is 79.9. The van der Waals surface area contributed by atoms with Gasteiger partial charge in [0.1, 0.15) is 5.75 Å². The predicted molar refractivity (Wildman–Crippen MR) is 89.8 cm³/mol. The van der Waals surface area contributed by atoms with E-state index in [1.807, 2.05) is 0 Å². The second-order valence-corrected chi connectivity index (χ2v) is 7.67. The van der Waals surface area contributed by atoms with E-state index in [1.54, 1.807) is 7.11 Å². The summed E-state index contributed by atoms with van der Waals surface area (Å²) in [5, 5.41) is 3.51. The number of ether oxygens (including phenoxy) is 1. The molecule has 3 rings (SSSR count). The van der Waals surface area contributed by atoms with E-state index in [4.69, 9.17) is 4.74 Å². The molecule has 0 spiro atoms. The first kappa shape index (κ1) is 15.3. The zero-order chi connectivity index (χ0) is 14.9. The van der Waals surface area contributed by atoms with Crippen LogP contribution in [0.5, 0.6) is 5.75 Å². The first-order valence-electron chi connectivity index (χ1n) is 7.89. The average Bonchev–Trinajstić information content (AvgIpc) is 3.08. The third kappa shape index (κ3) is 3.27. The van der Waals surface area contributed by atoms with Crippen LogP contribution in [0.4, 0.5) is 0 Å². The molecule has 0 radical (unpaired) electrons. The van der Waals surface area contributed by atoms with Gasteiger partial charge in [0.05, 0.1) is 7.11 Å². The molecule has 3 nitrogen and oxygen atoms in total. The zero-order valence-corrected chi connectivity index (χ0v) is 14.6. The number of rotatable bonds is 4. The smallest absolute Gasteiger partial charge is 0.123 e. The topological polar surface area (TPSA) is 24.5 Å². The molecule has 2 fully saturated rings. The van der Waals surface area contributed by atoms with Gasteiger partial charge in [0.2, 0.25) is 0 Å². The molecule has 21 heavy (non-hydrogen) atoms. The van der Waals surface area contributed by atoms with Crippen LogP contribution in [-0.4, -0.2) is 38.2 Å². The molecule has 116 valence electrons. The Balaban J connectivity index is 1.82. The summed E-state index contributed by atoms with van der Waals surface area (Å²) in [5.74, 6) is 1.02. The Morgan fingerprint density at radius 2 is 2.33 bits per heavy atom. The molecule has 0 bridgehead atoms. The summed E-state index contributed by atoms with van der Waals surface area (Å²) < 4.78 is 6.73. The summed E-state index contributed by atoms with van der Waals surface area (Å²) in [6.07, 6.45) is 3.80. The number of nitrogens with one attached hydrogen (secondary N) is 1. The van der Waals surface area contributed by atoms with Crippen LogP contribution >= 0.6 is 15.9 Å². The highest BCUT2D eigenvalue weighted by Crippen LogP contribution is 2.40. The Morgan fingerprint density at radius 1 is 1.48 bits per heavy atom. The molecule has 2 heterocycles. The van der Waals surface area contributed by atoms with Crippen molar-refractivity contribution in [2.45, 2.75) is 32.2 Å². The van der Waals surface area contributed by atoms with E-state index < -0.39 is 0 Å². The molecule has 1 aromatic rings. The molecular weight excluding hydrogens is 328 g/mol. The summed E-state index contributed by atoms with van der Waals surface area (Å²) >= 11 is 3.61. The first-order chi connectivity index (χ1) is 10.1. The molecule has 2 atom stereocenters. The normalized spacial score (nSPS) is 30.0. The molecule has 2 saturated heterocycles. The number of methoxy groups -OCH3 is 1. The minimum Gasteiger partial charge on any atom is -0.496 e. The van der Waals surface area contributed by atoms with Crippen LogP contribution in [0.2, 0.25) is 0 Å². The minimum absolute atomic E-state index is 0.418. The standard InChI is InChI=1S/C17H25BrN2O/c1-17(7-8-19-11-17)12-20-9-3-4-15(20)14-10-13(18)5-6-16(14)21-2/h5-6,10,15,19H,3-4,7-9,11-12H2,1-2H3. The largest absolute Gasteiger partial charge is 0.496 e. The summed E-state index contributed by atoms with van der Waals surface area (Å²) in [5.41, 5.74) is 1.75. The van der Waals surface area contributed by atoms with E-state index in [0.717, 1.165) is 23.3 Å². The lowest BCUT2D eigenvalue weighted by atomic mass is 9.88.